The highest BCUT2D eigenvalue weighted by atomic mass is 79.9. The van der Waals surface area contributed by atoms with Crippen molar-refractivity contribution in [2.75, 3.05) is 13.2 Å². The summed E-state index contributed by atoms with van der Waals surface area (Å²) in [6.07, 6.45) is 1.61. The summed E-state index contributed by atoms with van der Waals surface area (Å²) < 4.78 is 36.2. The number of hydrogen-bond donors (Lipinski definition) is 0. The molecule has 1 aliphatic rings. The van der Waals surface area contributed by atoms with Gasteiger partial charge in [-0.25, -0.2) is 8.42 Å². The number of nitrogens with zero attached hydrogens (tertiary/aromatic N) is 2. The first-order chi connectivity index (χ1) is 11.3. The highest BCUT2D eigenvalue weighted by molar-refractivity contribution is 9.10. The summed E-state index contributed by atoms with van der Waals surface area (Å²) in [7, 11) is -3.66. The van der Waals surface area contributed by atoms with Gasteiger partial charge in [0, 0.05) is 23.6 Å². The molecule has 3 rings (SSSR count). The van der Waals surface area contributed by atoms with Gasteiger partial charge in [-0.1, -0.05) is 21.1 Å². The van der Waals surface area contributed by atoms with Gasteiger partial charge in [0.15, 0.2) is 15.7 Å². The number of benzene rings is 1. The Labute approximate surface area is 149 Å². The Morgan fingerprint density at radius 2 is 1.79 bits per heavy atom. The van der Waals surface area contributed by atoms with E-state index in [1.54, 1.807) is 38.1 Å². The minimum absolute atomic E-state index is 0.131. The van der Waals surface area contributed by atoms with Crippen molar-refractivity contribution in [3.63, 3.8) is 0 Å². The summed E-state index contributed by atoms with van der Waals surface area (Å²) >= 11 is 3.31. The van der Waals surface area contributed by atoms with Crippen LogP contribution in [0.4, 0.5) is 0 Å². The average molecular weight is 415 g/mol. The van der Waals surface area contributed by atoms with Crippen LogP contribution in [0.25, 0.3) is 0 Å². The van der Waals surface area contributed by atoms with Crippen LogP contribution in [-0.2, 0) is 19.3 Å². The first-order valence-corrected chi connectivity index (χ1v) is 10.0. The molecular formula is C16H19BrN2O4S. The molecule has 130 valence electrons. The first-order valence-electron chi connectivity index (χ1n) is 7.74. The smallest absolute Gasteiger partial charge is 0.229 e. The van der Waals surface area contributed by atoms with Crippen molar-refractivity contribution in [1.29, 1.82) is 0 Å². The van der Waals surface area contributed by atoms with Gasteiger partial charge in [-0.15, -0.1) is 0 Å². The molecule has 0 aliphatic carbocycles. The summed E-state index contributed by atoms with van der Waals surface area (Å²) in [4.78, 5) is 4.62. The van der Waals surface area contributed by atoms with E-state index < -0.39 is 14.6 Å². The molecule has 0 atom stereocenters. The predicted molar refractivity (Wildman–Crippen MR) is 91.4 cm³/mol. The third-order valence-electron chi connectivity index (χ3n) is 4.35. The normalized spacial score (nSPS) is 17.1. The van der Waals surface area contributed by atoms with Crippen LogP contribution < -0.4 is 0 Å². The quantitative estimate of drug-likeness (QED) is 0.761. The molecule has 8 heteroatoms. The highest BCUT2D eigenvalue weighted by Crippen LogP contribution is 2.35. The Kier molecular flexibility index (Phi) is 4.81. The number of aromatic nitrogens is 2. The Bertz CT molecular complexity index is 809. The van der Waals surface area contributed by atoms with Gasteiger partial charge in [0.2, 0.25) is 5.89 Å². The van der Waals surface area contributed by atoms with Crippen LogP contribution in [0.15, 0.2) is 38.2 Å². The van der Waals surface area contributed by atoms with E-state index in [-0.39, 0.29) is 16.6 Å². The molecule has 1 aliphatic heterocycles. The number of hydrogen-bond acceptors (Lipinski definition) is 6. The lowest BCUT2D eigenvalue weighted by Gasteiger charge is -2.21. The summed E-state index contributed by atoms with van der Waals surface area (Å²) in [6.45, 7) is 4.51. The van der Waals surface area contributed by atoms with Crippen molar-refractivity contribution in [3.8, 4) is 0 Å². The summed E-state index contributed by atoms with van der Waals surface area (Å²) in [5.74, 6) is 0.811. The largest absolute Gasteiger partial charge is 0.381 e. The molecule has 2 aromatic rings. The van der Waals surface area contributed by atoms with E-state index in [1.165, 1.54) is 0 Å². The fraction of sp³-hybridized carbons (Fsp3) is 0.500. The maximum atomic E-state index is 13.0. The van der Waals surface area contributed by atoms with Crippen LogP contribution in [0.5, 0.6) is 0 Å². The van der Waals surface area contributed by atoms with Gasteiger partial charge in [-0.3, -0.25) is 0 Å². The van der Waals surface area contributed by atoms with Crippen LogP contribution in [0.1, 0.15) is 44.3 Å². The molecule has 0 radical (unpaired) electrons. The molecule has 1 aromatic heterocycles. The Morgan fingerprint density at radius 3 is 2.42 bits per heavy atom. The first kappa shape index (κ1) is 17.6. The molecular weight excluding hydrogens is 396 g/mol. The van der Waals surface area contributed by atoms with E-state index in [2.05, 4.69) is 26.1 Å². The minimum Gasteiger partial charge on any atom is -0.381 e. The van der Waals surface area contributed by atoms with Gasteiger partial charge in [-0.2, -0.15) is 4.98 Å². The summed E-state index contributed by atoms with van der Waals surface area (Å²) in [5.41, 5.74) is 0. The van der Waals surface area contributed by atoms with E-state index in [0.717, 1.165) is 17.3 Å². The van der Waals surface area contributed by atoms with Gasteiger partial charge in [0.05, 0.1) is 4.90 Å². The molecule has 0 saturated carbocycles. The topological polar surface area (TPSA) is 82.3 Å². The molecule has 1 saturated heterocycles. The van der Waals surface area contributed by atoms with Gasteiger partial charge in [-0.05, 0) is 51.0 Å². The van der Waals surface area contributed by atoms with Crippen LogP contribution in [0.2, 0.25) is 0 Å². The van der Waals surface area contributed by atoms with Crippen LogP contribution in [0, 0.1) is 0 Å². The average Bonchev–Trinajstić information content (AvgIpc) is 3.06. The lowest BCUT2D eigenvalue weighted by atomic mass is 10.0. The Balaban J connectivity index is 1.92. The van der Waals surface area contributed by atoms with E-state index in [0.29, 0.717) is 19.1 Å². The van der Waals surface area contributed by atoms with Crippen molar-refractivity contribution >= 4 is 25.8 Å². The summed E-state index contributed by atoms with van der Waals surface area (Å²) in [6, 6.07) is 6.54. The second-order valence-electron chi connectivity index (χ2n) is 6.31. The number of rotatable bonds is 4. The number of halogens is 1. The zero-order valence-corrected chi connectivity index (χ0v) is 15.9. The van der Waals surface area contributed by atoms with Crippen molar-refractivity contribution in [3.05, 3.63) is 40.5 Å². The molecule has 2 heterocycles. The number of sulfone groups is 1. The second kappa shape index (κ2) is 6.57. The molecule has 1 aromatic carbocycles. The molecule has 0 unspecified atom stereocenters. The van der Waals surface area contributed by atoms with Crippen LogP contribution in [0.3, 0.4) is 0 Å². The third kappa shape index (κ3) is 3.14. The lowest BCUT2D eigenvalue weighted by Crippen LogP contribution is -2.30. The standard InChI is InChI=1S/C16H19BrN2O4S/c1-16(2,24(20,21)13-5-3-12(17)4-6-13)15-18-14(23-19-15)11-7-9-22-10-8-11/h3-6,11H,7-10H2,1-2H3. The van der Waals surface area contributed by atoms with E-state index >= 15 is 0 Å². The molecule has 0 N–H and O–H groups in total. The molecule has 0 bridgehead atoms. The van der Waals surface area contributed by atoms with Crippen LogP contribution >= 0.6 is 15.9 Å². The fourth-order valence-corrected chi connectivity index (χ4v) is 4.29. The lowest BCUT2D eigenvalue weighted by molar-refractivity contribution is 0.0778. The Hall–Kier alpha value is -1.25. The minimum atomic E-state index is -3.66. The molecule has 24 heavy (non-hydrogen) atoms. The zero-order valence-electron chi connectivity index (χ0n) is 13.5. The second-order valence-corrected chi connectivity index (χ2v) is 9.73. The maximum Gasteiger partial charge on any atom is 0.229 e. The Morgan fingerprint density at radius 1 is 1.17 bits per heavy atom. The predicted octanol–water partition coefficient (Wildman–Crippen LogP) is 3.44. The zero-order chi connectivity index (χ0) is 17.4. The van der Waals surface area contributed by atoms with Gasteiger partial charge >= 0.3 is 0 Å². The van der Waals surface area contributed by atoms with Crippen LogP contribution in [-0.4, -0.2) is 31.8 Å². The third-order valence-corrected chi connectivity index (χ3v) is 7.29. The van der Waals surface area contributed by atoms with Gasteiger partial charge in [0.1, 0.15) is 4.75 Å². The van der Waals surface area contributed by atoms with Crippen molar-refractivity contribution in [1.82, 2.24) is 10.1 Å². The van der Waals surface area contributed by atoms with Gasteiger partial charge in [0.25, 0.3) is 0 Å². The highest BCUT2D eigenvalue weighted by Gasteiger charge is 2.42. The molecule has 6 nitrogen and oxygen atoms in total. The molecule has 0 spiro atoms. The van der Waals surface area contributed by atoms with Crippen molar-refractivity contribution in [2.45, 2.75) is 42.2 Å². The van der Waals surface area contributed by atoms with Crippen molar-refractivity contribution in [2.24, 2.45) is 0 Å². The maximum absolute atomic E-state index is 13.0. The monoisotopic (exact) mass is 414 g/mol. The summed E-state index contributed by atoms with van der Waals surface area (Å²) in [5, 5.41) is 3.96. The fourth-order valence-electron chi connectivity index (χ4n) is 2.62. The van der Waals surface area contributed by atoms with Gasteiger partial charge < -0.3 is 9.26 Å². The van der Waals surface area contributed by atoms with E-state index in [9.17, 15) is 8.42 Å². The number of ether oxygens (including phenoxy) is 1. The molecule has 1 fully saturated rings. The van der Waals surface area contributed by atoms with Crippen molar-refractivity contribution < 1.29 is 17.7 Å². The molecule has 0 amide bonds. The SMILES string of the molecule is CC(C)(c1noc(C2CCOCC2)n1)S(=O)(=O)c1ccc(Br)cc1. The van der Waals surface area contributed by atoms with E-state index in [4.69, 9.17) is 9.26 Å². The van der Waals surface area contributed by atoms with E-state index in [1.807, 2.05) is 0 Å².